The molecule has 0 aliphatic carbocycles. The first-order valence-corrected chi connectivity index (χ1v) is 6.87. The Morgan fingerprint density at radius 1 is 1.05 bits per heavy atom. The van der Waals surface area contributed by atoms with Crippen LogP contribution in [0.5, 0.6) is 0 Å². The van der Waals surface area contributed by atoms with Crippen molar-refractivity contribution in [1.29, 1.82) is 0 Å². The fraction of sp³-hybridized carbons (Fsp3) is 0.250. The van der Waals surface area contributed by atoms with Gasteiger partial charge >= 0.3 is 7.12 Å². The molecule has 0 aromatic heterocycles. The zero-order chi connectivity index (χ0) is 14.5. The lowest BCUT2D eigenvalue weighted by atomic mass is 9.79. The summed E-state index contributed by atoms with van der Waals surface area (Å²) in [6.45, 7) is 5.88. The standard InChI is InChI=1S/C16H20BNO2/c1-3-18(16-10-5-4-7-13(16)2)12-14-8-6-9-15(11-14)17(19)20/h4-11,19-20H,3,12H2,1-2H3. The Hall–Kier alpha value is -1.78. The fourth-order valence-electron chi connectivity index (χ4n) is 2.36. The molecular weight excluding hydrogens is 249 g/mol. The van der Waals surface area contributed by atoms with Crippen LogP contribution in [0.15, 0.2) is 48.5 Å². The van der Waals surface area contributed by atoms with Crippen molar-refractivity contribution in [3.8, 4) is 0 Å². The molecule has 2 aromatic carbocycles. The zero-order valence-electron chi connectivity index (χ0n) is 12.0. The van der Waals surface area contributed by atoms with E-state index in [1.807, 2.05) is 30.3 Å². The van der Waals surface area contributed by atoms with E-state index in [0.717, 1.165) is 18.7 Å². The van der Waals surface area contributed by atoms with E-state index >= 15 is 0 Å². The molecule has 0 amide bonds. The lowest BCUT2D eigenvalue weighted by Gasteiger charge is -2.25. The second-order valence-electron chi connectivity index (χ2n) is 4.92. The number of nitrogens with zero attached hydrogens (tertiary/aromatic N) is 1. The minimum absolute atomic E-state index is 0.531. The summed E-state index contributed by atoms with van der Waals surface area (Å²) in [5.74, 6) is 0. The van der Waals surface area contributed by atoms with Crippen LogP contribution in [0.1, 0.15) is 18.1 Å². The molecule has 20 heavy (non-hydrogen) atoms. The predicted octanol–water partition coefficient (Wildman–Crippen LogP) is 1.70. The first-order valence-electron chi connectivity index (χ1n) is 6.87. The van der Waals surface area contributed by atoms with Gasteiger partial charge in [0.15, 0.2) is 0 Å². The highest BCUT2D eigenvalue weighted by molar-refractivity contribution is 6.58. The van der Waals surface area contributed by atoms with Gasteiger partial charge in [-0.05, 0) is 36.5 Å². The van der Waals surface area contributed by atoms with Crippen LogP contribution in [0.2, 0.25) is 0 Å². The topological polar surface area (TPSA) is 43.7 Å². The van der Waals surface area contributed by atoms with Gasteiger partial charge < -0.3 is 14.9 Å². The van der Waals surface area contributed by atoms with Crippen LogP contribution in [0.25, 0.3) is 0 Å². The Kier molecular flexibility index (Phi) is 4.82. The highest BCUT2D eigenvalue weighted by Crippen LogP contribution is 2.21. The highest BCUT2D eigenvalue weighted by atomic mass is 16.4. The third-order valence-corrected chi connectivity index (χ3v) is 3.46. The van der Waals surface area contributed by atoms with Gasteiger partial charge in [-0.15, -0.1) is 0 Å². The van der Waals surface area contributed by atoms with Gasteiger partial charge in [-0.3, -0.25) is 0 Å². The molecular formula is C16H20BNO2. The molecule has 4 heteroatoms. The molecule has 104 valence electrons. The van der Waals surface area contributed by atoms with E-state index in [0.29, 0.717) is 5.46 Å². The Bertz CT molecular complexity index is 572. The van der Waals surface area contributed by atoms with Crippen LogP contribution >= 0.6 is 0 Å². The quantitative estimate of drug-likeness (QED) is 0.812. The first kappa shape index (κ1) is 14.6. The molecule has 0 saturated heterocycles. The summed E-state index contributed by atoms with van der Waals surface area (Å²) in [7, 11) is -1.41. The molecule has 0 saturated carbocycles. The third kappa shape index (κ3) is 3.41. The maximum atomic E-state index is 9.24. The van der Waals surface area contributed by atoms with Crippen molar-refractivity contribution in [3.63, 3.8) is 0 Å². The van der Waals surface area contributed by atoms with Crippen LogP contribution in [-0.4, -0.2) is 23.7 Å². The second-order valence-corrected chi connectivity index (χ2v) is 4.92. The molecule has 2 rings (SSSR count). The molecule has 0 radical (unpaired) electrons. The molecule has 0 heterocycles. The molecule has 3 nitrogen and oxygen atoms in total. The van der Waals surface area contributed by atoms with Gasteiger partial charge in [-0.2, -0.15) is 0 Å². The number of benzene rings is 2. The Balaban J connectivity index is 2.23. The van der Waals surface area contributed by atoms with E-state index in [4.69, 9.17) is 0 Å². The normalized spacial score (nSPS) is 10.4. The molecule has 2 N–H and O–H groups in total. The van der Waals surface area contributed by atoms with Gasteiger partial charge in [-0.25, -0.2) is 0 Å². The van der Waals surface area contributed by atoms with Crippen molar-refractivity contribution < 1.29 is 10.0 Å². The summed E-state index contributed by atoms with van der Waals surface area (Å²) >= 11 is 0. The van der Waals surface area contributed by atoms with Crippen molar-refractivity contribution >= 4 is 18.3 Å². The first-order chi connectivity index (χ1) is 9.61. The van der Waals surface area contributed by atoms with Crippen LogP contribution in [0, 0.1) is 6.92 Å². The molecule has 0 unspecified atom stereocenters. The third-order valence-electron chi connectivity index (χ3n) is 3.46. The maximum absolute atomic E-state index is 9.24. The fourth-order valence-corrected chi connectivity index (χ4v) is 2.36. The van der Waals surface area contributed by atoms with Gasteiger partial charge in [0.2, 0.25) is 0 Å². The Morgan fingerprint density at radius 2 is 1.80 bits per heavy atom. The van der Waals surface area contributed by atoms with E-state index in [9.17, 15) is 10.0 Å². The van der Waals surface area contributed by atoms with E-state index in [-0.39, 0.29) is 0 Å². The van der Waals surface area contributed by atoms with E-state index in [1.165, 1.54) is 11.3 Å². The van der Waals surface area contributed by atoms with Crippen molar-refractivity contribution in [2.45, 2.75) is 20.4 Å². The van der Waals surface area contributed by atoms with Crippen molar-refractivity contribution in [1.82, 2.24) is 0 Å². The molecule has 0 aliphatic rings. The Morgan fingerprint density at radius 3 is 2.45 bits per heavy atom. The lowest BCUT2D eigenvalue weighted by Crippen LogP contribution is -2.31. The summed E-state index contributed by atoms with van der Waals surface area (Å²) in [4.78, 5) is 2.28. The molecule has 0 atom stereocenters. The molecule has 0 aliphatic heterocycles. The van der Waals surface area contributed by atoms with Crippen LogP contribution < -0.4 is 10.4 Å². The van der Waals surface area contributed by atoms with Gasteiger partial charge in [0.05, 0.1) is 0 Å². The number of rotatable bonds is 5. The number of aryl methyl sites for hydroxylation is 1. The average Bonchev–Trinajstić information content (AvgIpc) is 2.46. The van der Waals surface area contributed by atoms with Crippen molar-refractivity contribution in [2.75, 3.05) is 11.4 Å². The van der Waals surface area contributed by atoms with Gasteiger partial charge in [0.25, 0.3) is 0 Å². The summed E-state index contributed by atoms with van der Waals surface area (Å²) in [6.07, 6.45) is 0. The zero-order valence-corrected chi connectivity index (χ0v) is 12.0. The van der Waals surface area contributed by atoms with Gasteiger partial charge in [0.1, 0.15) is 0 Å². The number of hydrogen-bond donors (Lipinski definition) is 2. The molecule has 2 aromatic rings. The molecule has 0 spiro atoms. The van der Waals surface area contributed by atoms with E-state index in [1.54, 1.807) is 6.07 Å². The van der Waals surface area contributed by atoms with E-state index < -0.39 is 7.12 Å². The summed E-state index contributed by atoms with van der Waals surface area (Å²) in [5, 5.41) is 18.5. The minimum atomic E-state index is -1.41. The van der Waals surface area contributed by atoms with E-state index in [2.05, 4.69) is 30.9 Å². The summed E-state index contributed by atoms with van der Waals surface area (Å²) in [5.41, 5.74) is 4.06. The lowest BCUT2D eigenvalue weighted by molar-refractivity contribution is 0.425. The SMILES string of the molecule is CCN(Cc1cccc(B(O)O)c1)c1ccccc1C. The number of hydrogen-bond acceptors (Lipinski definition) is 3. The smallest absolute Gasteiger partial charge is 0.423 e. The Labute approximate surface area is 120 Å². The molecule has 0 fully saturated rings. The predicted molar refractivity (Wildman–Crippen MR) is 84.2 cm³/mol. The van der Waals surface area contributed by atoms with Gasteiger partial charge in [0, 0.05) is 18.8 Å². The summed E-state index contributed by atoms with van der Waals surface area (Å²) in [6, 6.07) is 15.7. The number of anilines is 1. The van der Waals surface area contributed by atoms with Crippen LogP contribution in [-0.2, 0) is 6.54 Å². The maximum Gasteiger partial charge on any atom is 0.488 e. The van der Waals surface area contributed by atoms with Crippen LogP contribution in [0.4, 0.5) is 5.69 Å². The van der Waals surface area contributed by atoms with Crippen LogP contribution in [0.3, 0.4) is 0 Å². The summed E-state index contributed by atoms with van der Waals surface area (Å²) < 4.78 is 0. The second kappa shape index (κ2) is 6.59. The number of para-hydroxylation sites is 1. The minimum Gasteiger partial charge on any atom is -0.423 e. The highest BCUT2D eigenvalue weighted by Gasteiger charge is 2.12. The average molecular weight is 269 g/mol. The van der Waals surface area contributed by atoms with Gasteiger partial charge in [-0.1, -0.05) is 42.5 Å². The monoisotopic (exact) mass is 269 g/mol. The largest absolute Gasteiger partial charge is 0.488 e. The van der Waals surface area contributed by atoms with Crippen molar-refractivity contribution in [2.24, 2.45) is 0 Å². The molecule has 0 bridgehead atoms. The van der Waals surface area contributed by atoms with Crippen molar-refractivity contribution in [3.05, 3.63) is 59.7 Å².